The lowest BCUT2D eigenvalue weighted by molar-refractivity contribution is -0.274. The molecule has 0 aliphatic carbocycles. The highest BCUT2D eigenvalue weighted by Gasteiger charge is 2.30. The summed E-state index contributed by atoms with van der Waals surface area (Å²) in [6, 6.07) is 13.4. The first-order valence-electron chi connectivity index (χ1n) is 12.6. The topological polar surface area (TPSA) is 92.3 Å². The molecule has 0 saturated heterocycles. The molecule has 4 rings (SSSR count). The Morgan fingerprint density at radius 2 is 1.65 bits per heavy atom. The van der Waals surface area contributed by atoms with Crippen LogP contribution in [0.25, 0.3) is 12.2 Å². The van der Waals surface area contributed by atoms with Crippen LogP contribution in [0.2, 0.25) is 0 Å². The fraction of sp³-hybridized carbons (Fsp3) is 0.321. The van der Waals surface area contributed by atoms with Crippen molar-refractivity contribution in [2.45, 2.75) is 57.8 Å². The number of halogens is 3. The summed E-state index contributed by atoms with van der Waals surface area (Å²) in [4.78, 5) is 5.83. The van der Waals surface area contributed by atoms with Crippen molar-refractivity contribution in [1.29, 1.82) is 0 Å². The number of hydrogen-bond donors (Lipinski definition) is 0. The van der Waals surface area contributed by atoms with E-state index in [0.717, 1.165) is 31.4 Å². The number of benzene rings is 2. The predicted octanol–water partition coefficient (Wildman–Crippen LogP) is 7.46. The van der Waals surface area contributed by atoms with E-state index in [4.69, 9.17) is 9.15 Å². The summed E-state index contributed by atoms with van der Waals surface area (Å²) in [6.45, 7) is 3.85. The number of hydrogen-bond acceptors (Lipinski definition) is 7. The first-order chi connectivity index (χ1) is 19.1. The van der Waals surface area contributed by atoms with Gasteiger partial charge in [0.05, 0.1) is 11.9 Å². The van der Waals surface area contributed by atoms with Crippen molar-refractivity contribution in [2.75, 3.05) is 0 Å². The molecule has 12 heteroatoms. The molecule has 0 saturated carbocycles. The summed E-state index contributed by atoms with van der Waals surface area (Å²) >= 11 is 0. The molecule has 40 heavy (non-hydrogen) atoms. The van der Waals surface area contributed by atoms with Gasteiger partial charge in [-0.15, -0.1) is 13.2 Å². The van der Waals surface area contributed by atoms with E-state index < -0.39 is 11.6 Å². The Balaban J connectivity index is 1.18. The molecule has 0 unspecified atom stereocenters. The molecule has 0 fully saturated rings. The molecule has 0 bridgehead atoms. The lowest BCUT2D eigenvalue weighted by atomic mass is 10.1. The highest BCUT2D eigenvalue weighted by molar-refractivity contribution is 7.24. The van der Waals surface area contributed by atoms with Crippen LogP contribution in [0.4, 0.5) is 13.2 Å². The van der Waals surface area contributed by atoms with Gasteiger partial charge in [-0.1, -0.05) is 24.3 Å². The molecule has 2 aromatic heterocycles. The highest BCUT2D eigenvalue weighted by Crippen LogP contribution is 2.26. The zero-order valence-electron chi connectivity index (χ0n) is 22.0. The van der Waals surface area contributed by atoms with Crippen LogP contribution < -0.4 is 9.47 Å². The first kappa shape index (κ1) is 29.0. The Morgan fingerprint density at radius 3 is 2.35 bits per heavy atom. The quantitative estimate of drug-likeness (QED) is 0.121. The van der Waals surface area contributed by atoms with Crippen LogP contribution in [-0.4, -0.2) is 26.3 Å². The number of nitrogens with zero attached hydrogens (tertiary/aromatic N) is 4. The maximum Gasteiger partial charge on any atom is 0.573 e. The van der Waals surface area contributed by atoms with E-state index in [2.05, 4.69) is 19.9 Å². The molecule has 4 aromatic rings. The molecule has 0 amide bonds. The van der Waals surface area contributed by atoms with Crippen LogP contribution in [0.3, 0.4) is 0 Å². The average molecular weight is 573 g/mol. The third-order valence-corrected chi connectivity index (χ3v) is 6.44. The van der Waals surface area contributed by atoms with Crippen LogP contribution in [0, 0.1) is 0 Å². The zero-order valence-corrected chi connectivity index (χ0v) is 22.9. The van der Waals surface area contributed by atoms with Gasteiger partial charge in [0.1, 0.15) is 30.1 Å². The van der Waals surface area contributed by atoms with Gasteiger partial charge in [-0.05, 0) is 81.0 Å². The lowest BCUT2D eigenvalue weighted by Gasteiger charge is -2.13. The number of oxazole rings is 1. The molecule has 0 aliphatic heterocycles. The van der Waals surface area contributed by atoms with Crippen LogP contribution in [0.1, 0.15) is 55.1 Å². The number of aromatic nitrogens is 4. The van der Waals surface area contributed by atoms with Crippen LogP contribution >= 0.6 is 8.46 Å². The maximum absolute atomic E-state index is 12.3. The minimum Gasteiger partial charge on any atom is -0.487 e. The molecule has 8 nitrogen and oxygen atoms in total. The van der Waals surface area contributed by atoms with Crippen molar-refractivity contribution in [3.63, 3.8) is 0 Å². The fourth-order valence-corrected chi connectivity index (χ4v) is 3.84. The lowest BCUT2D eigenvalue weighted by Crippen LogP contribution is -2.22. The maximum atomic E-state index is 12.3. The zero-order chi connectivity index (χ0) is 28.6. The molecule has 210 valence electrons. The van der Waals surface area contributed by atoms with Crippen LogP contribution in [0.15, 0.2) is 65.4 Å². The van der Waals surface area contributed by atoms with Gasteiger partial charge < -0.3 is 13.9 Å². The minimum absolute atomic E-state index is 0.0267. The van der Waals surface area contributed by atoms with Gasteiger partial charge in [-0.3, -0.25) is 4.57 Å². The molecule has 0 spiro atoms. The van der Waals surface area contributed by atoms with Gasteiger partial charge in [-0.25, -0.2) is 4.98 Å². The Kier molecular flexibility index (Phi) is 9.37. The summed E-state index contributed by atoms with van der Waals surface area (Å²) in [5.41, 5.74) is 3.36. The van der Waals surface area contributed by atoms with E-state index in [-0.39, 0.29) is 20.8 Å². The van der Waals surface area contributed by atoms with Gasteiger partial charge in [0, 0.05) is 6.08 Å². The number of aryl methyl sites for hydroxylation is 2. The van der Waals surface area contributed by atoms with Crippen molar-refractivity contribution < 1.29 is 31.6 Å². The second-order valence-electron chi connectivity index (χ2n) is 9.48. The summed E-state index contributed by atoms with van der Waals surface area (Å²) in [5.74, 6) is 0.774. The largest absolute Gasteiger partial charge is 0.573 e. The van der Waals surface area contributed by atoms with Crippen LogP contribution in [-0.2, 0) is 29.3 Å². The van der Waals surface area contributed by atoms with Crippen molar-refractivity contribution in [3.8, 4) is 11.5 Å². The second-order valence-corrected chi connectivity index (χ2v) is 10.8. The van der Waals surface area contributed by atoms with E-state index in [0.29, 0.717) is 22.9 Å². The van der Waals surface area contributed by atoms with Crippen LogP contribution in [0.5, 0.6) is 11.5 Å². The molecule has 0 atom stereocenters. The Bertz CT molecular complexity index is 1410. The average Bonchev–Trinajstić information content (AvgIpc) is 3.60. The van der Waals surface area contributed by atoms with E-state index in [1.165, 1.54) is 40.9 Å². The Hall–Kier alpha value is -3.98. The predicted molar refractivity (Wildman–Crippen MR) is 143 cm³/mol. The van der Waals surface area contributed by atoms with Crippen molar-refractivity contribution in [1.82, 2.24) is 20.0 Å². The number of unbranched alkanes of at least 4 members (excludes halogenated alkanes) is 1. The van der Waals surface area contributed by atoms with Gasteiger partial charge >= 0.3 is 6.36 Å². The van der Waals surface area contributed by atoms with E-state index >= 15 is 0 Å². The molecule has 2 aromatic carbocycles. The molecule has 0 N–H and O–H groups in total. The van der Waals surface area contributed by atoms with Gasteiger partial charge in [0.25, 0.3) is 0 Å². The summed E-state index contributed by atoms with van der Waals surface area (Å²) in [7, 11) is -0.0267. The number of ether oxygens (including phenoxy) is 2. The summed E-state index contributed by atoms with van der Waals surface area (Å²) in [5, 5.41) is 7.99. The fourth-order valence-electron chi connectivity index (χ4n) is 3.67. The third kappa shape index (κ3) is 8.77. The molecular weight excluding hydrogens is 544 g/mol. The minimum atomic E-state index is -4.72. The van der Waals surface area contributed by atoms with Crippen molar-refractivity contribution in [3.05, 3.63) is 89.4 Å². The molecule has 2 heterocycles. The molecular formula is C28H28F3N4O4P. The SMILES string of the molecule is CC(C)(P=O)n1ncc(CCCCc2ccc(OCc3coc(/C=C/c4ccc(OC(F)(F)F)cc4)n3)cc2)n1. The number of rotatable bonds is 13. The van der Waals surface area contributed by atoms with Gasteiger partial charge in [0.2, 0.25) is 5.89 Å². The van der Waals surface area contributed by atoms with Gasteiger partial charge in [0.15, 0.2) is 13.7 Å². The summed E-state index contributed by atoms with van der Waals surface area (Å²) in [6.07, 6.45) is 5.49. The smallest absolute Gasteiger partial charge is 0.487 e. The van der Waals surface area contributed by atoms with E-state index in [1.54, 1.807) is 18.3 Å². The first-order valence-corrected chi connectivity index (χ1v) is 13.4. The molecule has 0 radical (unpaired) electrons. The highest BCUT2D eigenvalue weighted by atomic mass is 31.1. The Morgan fingerprint density at radius 1 is 0.950 bits per heavy atom. The van der Waals surface area contributed by atoms with Gasteiger partial charge in [-0.2, -0.15) is 15.0 Å². The molecule has 0 aliphatic rings. The monoisotopic (exact) mass is 572 g/mol. The summed E-state index contributed by atoms with van der Waals surface area (Å²) < 4.78 is 63.1. The normalized spacial score (nSPS) is 12.3. The van der Waals surface area contributed by atoms with E-state index in [9.17, 15) is 17.7 Å². The van der Waals surface area contributed by atoms with E-state index in [1.807, 2.05) is 38.1 Å². The van der Waals surface area contributed by atoms with Crippen molar-refractivity contribution >= 4 is 20.6 Å². The Labute approximate surface area is 231 Å². The third-order valence-electron chi connectivity index (χ3n) is 5.81. The second kappa shape index (κ2) is 12.9. The van der Waals surface area contributed by atoms with Crippen molar-refractivity contribution in [2.24, 2.45) is 0 Å². The standard InChI is InChI=1S/C28H28F3N4O4P/c1-27(2,40-36)35-32-17-22(34-35)6-4-3-5-20-7-12-24(13-8-20)37-18-23-19-38-26(33-23)16-11-21-9-14-25(15-10-21)39-28(29,30)31/h7-17,19H,3-6,18H2,1-2H3/b16-11+. The number of alkyl halides is 3.